The number of rotatable bonds is 4. The number of non-ortho nitro benzene ring substituents is 1. The van der Waals surface area contributed by atoms with Crippen molar-refractivity contribution in [3.63, 3.8) is 0 Å². The van der Waals surface area contributed by atoms with Crippen molar-refractivity contribution in [3.05, 3.63) is 39.9 Å². The molecule has 92 valence electrons. The van der Waals surface area contributed by atoms with Gasteiger partial charge in [-0.05, 0) is 12.0 Å². The number of benzene rings is 1. The SMILES string of the molecule is CC(C)CN(C)C(=O)c1cccc([N+](=O)[O-])c1. The molecule has 17 heavy (non-hydrogen) atoms. The molecule has 0 radical (unpaired) electrons. The molecule has 1 rings (SSSR count). The highest BCUT2D eigenvalue weighted by molar-refractivity contribution is 5.94. The van der Waals surface area contributed by atoms with Gasteiger partial charge >= 0.3 is 0 Å². The second-order valence-corrected chi connectivity index (χ2v) is 4.39. The number of nitro groups is 1. The van der Waals surface area contributed by atoms with Crippen LogP contribution in [-0.2, 0) is 0 Å². The van der Waals surface area contributed by atoms with Crippen molar-refractivity contribution in [3.8, 4) is 0 Å². The van der Waals surface area contributed by atoms with Crippen molar-refractivity contribution in [1.82, 2.24) is 4.90 Å². The highest BCUT2D eigenvalue weighted by Gasteiger charge is 2.15. The van der Waals surface area contributed by atoms with E-state index >= 15 is 0 Å². The molecule has 0 saturated carbocycles. The van der Waals surface area contributed by atoms with Gasteiger partial charge < -0.3 is 4.90 Å². The molecule has 0 spiro atoms. The summed E-state index contributed by atoms with van der Waals surface area (Å²) in [6.07, 6.45) is 0. The topological polar surface area (TPSA) is 63.5 Å². The Kier molecular flexibility index (Phi) is 4.20. The minimum Gasteiger partial charge on any atom is -0.341 e. The molecule has 0 bridgehead atoms. The molecule has 5 heteroatoms. The summed E-state index contributed by atoms with van der Waals surface area (Å²) in [5, 5.41) is 10.6. The summed E-state index contributed by atoms with van der Waals surface area (Å²) < 4.78 is 0. The first kappa shape index (κ1) is 13.2. The van der Waals surface area contributed by atoms with E-state index in [-0.39, 0.29) is 11.6 Å². The average Bonchev–Trinajstić information content (AvgIpc) is 2.27. The van der Waals surface area contributed by atoms with Gasteiger partial charge in [-0.3, -0.25) is 14.9 Å². The van der Waals surface area contributed by atoms with Gasteiger partial charge in [-0.15, -0.1) is 0 Å². The summed E-state index contributed by atoms with van der Waals surface area (Å²) in [6, 6.07) is 5.79. The standard InChI is InChI=1S/C12H16N2O3/c1-9(2)8-13(3)12(15)10-5-4-6-11(7-10)14(16)17/h4-7,9H,8H2,1-3H3. The van der Waals surface area contributed by atoms with E-state index in [4.69, 9.17) is 0 Å². The Balaban J connectivity index is 2.89. The summed E-state index contributed by atoms with van der Waals surface area (Å²) >= 11 is 0. The third kappa shape index (κ3) is 3.55. The molecule has 0 unspecified atom stereocenters. The van der Waals surface area contributed by atoms with Crippen LogP contribution in [0.25, 0.3) is 0 Å². The molecule has 0 aliphatic rings. The predicted octanol–water partition coefficient (Wildman–Crippen LogP) is 2.32. The first-order valence-corrected chi connectivity index (χ1v) is 5.41. The summed E-state index contributed by atoms with van der Waals surface area (Å²) in [4.78, 5) is 23.6. The molecule has 0 aliphatic heterocycles. The second-order valence-electron chi connectivity index (χ2n) is 4.39. The maximum atomic E-state index is 12.0. The Morgan fingerprint density at radius 2 is 2.12 bits per heavy atom. The van der Waals surface area contributed by atoms with Gasteiger partial charge in [-0.25, -0.2) is 0 Å². The van der Waals surface area contributed by atoms with E-state index < -0.39 is 4.92 Å². The number of nitro benzene ring substituents is 1. The van der Waals surface area contributed by atoms with Crippen LogP contribution in [0.3, 0.4) is 0 Å². The van der Waals surface area contributed by atoms with E-state index in [1.165, 1.54) is 18.2 Å². The number of nitrogens with zero attached hydrogens (tertiary/aromatic N) is 2. The smallest absolute Gasteiger partial charge is 0.270 e. The molecular weight excluding hydrogens is 220 g/mol. The fraction of sp³-hybridized carbons (Fsp3) is 0.417. The maximum absolute atomic E-state index is 12.0. The van der Waals surface area contributed by atoms with Crippen LogP contribution in [0.15, 0.2) is 24.3 Å². The van der Waals surface area contributed by atoms with Gasteiger partial charge in [0.1, 0.15) is 0 Å². The van der Waals surface area contributed by atoms with Crippen molar-refractivity contribution in [2.45, 2.75) is 13.8 Å². The lowest BCUT2D eigenvalue weighted by Crippen LogP contribution is -2.30. The van der Waals surface area contributed by atoms with Crippen LogP contribution in [0.2, 0.25) is 0 Å². The van der Waals surface area contributed by atoms with Crippen LogP contribution in [0, 0.1) is 16.0 Å². The van der Waals surface area contributed by atoms with Crippen LogP contribution < -0.4 is 0 Å². The first-order chi connectivity index (χ1) is 7.91. The number of hydrogen-bond donors (Lipinski definition) is 0. The Morgan fingerprint density at radius 1 is 1.47 bits per heavy atom. The van der Waals surface area contributed by atoms with E-state index in [2.05, 4.69) is 0 Å². The number of amides is 1. The summed E-state index contributed by atoms with van der Waals surface area (Å²) in [7, 11) is 1.70. The van der Waals surface area contributed by atoms with Gasteiger partial charge in [0.2, 0.25) is 0 Å². The molecule has 0 aliphatic carbocycles. The van der Waals surface area contributed by atoms with Crippen molar-refractivity contribution in [1.29, 1.82) is 0 Å². The Bertz CT molecular complexity index is 430. The Hall–Kier alpha value is -1.91. The Morgan fingerprint density at radius 3 is 2.65 bits per heavy atom. The quantitative estimate of drug-likeness (QED) is 0.595. The normalized spacial score (nSPS) is 10.4. The molecule has 0 saturated heterocycles. The lowest BCUT2D eigenvalue weighted by atomic mass is 10.1. The first-order valence-electron chi connectivity index (χ1n) is 5.41. The zero-order valence-corrected chi connectivity index (χ0v) is 10.2. The van der Waals surface area contributed by atoms with Crippen molar-refractivity contribution >= 4 is 11.6 Å². The number of carbonyl (C=O) groups is 1. The van der Waals surface area contributed by atoms with E-state index in [9.17, 15) is 14.9 Å². The van der Waals surface area contributed by atoms with Gasteiger partial charge in [0.15, 0.2) is 0 Å². The third-order valence-corrected chi connectivity index (χ3v) is 2.29. The van der Waals surface area contributed by atoms with Gasteiger partial charge in [-0.1, -0.05) is 19.9 Å². The van der Waals surface area contributed by atoms with Gasteiger partial charge in [-0.2, -0.15) is 0 Å². The highest BCUT2D eigenvalue weighted by atomic mass is 16.6. The molecule has 0 fully saturated rings. The maximum Gasteiger partial charge on any atom is 0.270 e. The lowest BCUT2D eigenvalue weighted by Gasteiger charge is -2.19. The average molecular weight is 236 g/mol. The van der Waals surface area contributed by atoms with Crippen LogP contribution in [-0.4, -0.2) is 29.3 Å². The fourth-order valence-electron chi connectivity index (χ4n) is 1.60. The minimum atomic E-state index is -0.501. The van der Waals surface area contributed by atoms with Gasteiger partial charge in [0.05, 0.1) is 4.92 Å². The van der Waals surface area contributed by atoms with Crippen LogP contribution >= 0.6 is 0 Å². The summed E-state index contributed by atoms with van der Waals surface area (Å²) in [6.45, 7) is 4.65. The van der Waals surface area contributed by atoms with Crippen LogP contribution in [0.1, 0.15) is 24.2 Å². The molecule has 0 N–H and O–H groups in total. The lowest BCUT2D eigenvalue weighted by molar-refractivity contribution is -0.384. The molecule has 0 heterocycles. The number of hydrogen-bond acceptors (Lipinski definition) is 3. The van der Waals surface area contributed by atoms with Crippen LogP contribution in [0.5, 0.6) is 0 Å². The highest BCUT2D eigenvalue weighted by Crippen LogP contribution is 2.14. The molecule has 1 aromatic carbocycles. The zero-order chi connectivity index (χ0) is 13.0. The molecule has 0 atom stereocenters. The van der Waals surface area contributed by atoms with E-state index in [1.807, 2.05) is 13.8 Å². The molecule has 0 aromatic heterocycles. The molecule has 1 aromatic rings. The summed E-state index contributed by atoms with van der Waals surface area (Å²) in [5.41, 5.74) is 0.288. The van der Waals surface area contributed by atoms with E-state index in [0.29, 0.717) is 18.0 Å². The van der Waals surface area contributed by atoms with Gasteiger partial charge in [0, 0.05) is 31.3 Å². The van der Waals surface area contributed by atoms with Crippen molar-refractivity contribution < 1.29 is 9.72 Å². The predicted molar refractivity (Wildman–Crippen MR) is 64.9 cm³/mol. The van der Waals surface area contributed by atoms with Crippen molar-refractivity contribution in [2.75, 3.05) is 13.6 Å². The molecular formula is C12H16N2O3. The van der Waals surface area contributed by atoms with Crippen molar-refractivity contribution in [2.24, 2.45) is 5.92 Å². The minimum absolute atomic E-state index is 0.0613. The monoisotopic (exact) mass is 236 g/mol. The largest absolute Gasteiger partial charge is 0.341 e. The van der Waals surface area contributed by atoms with E-state index in [0.717, 1.165) is 0 Å². The fourth-order valence-corrected chi connectivity index (χ4v) is 1.60. The van der Waals surface area contributed by atoms with Gasteiger partial charge in [0.25, 0.3) is 11.6 Å². The number of carbonyl (C=O) groups excluding carboxylic acids is 1. The Labute approximate surface area is 100 Å². The molecule has 1 amide bonds. The zero-order valence-electron chi connectivity index (χ0n) is 10.2. The third-order valence-electron chi connectivity index (χ3n) is 2.29. The summed E-state index contributed by atoms with van der Waals surface area (Å²) in [5.74, 6) is 0.171. The second kappa shape index (κ2) is 5.43. The van der Waals surface area contributed by atoms with E-state index in [1.54, 1.807) is 18.0 Å². The van der Waals surface area contributed by atoms with Crippen LogP contribution in [0.4, 0.5) is 5.69 Å². The molecule has 5 nitrogen and oxygen atoms in total.